The van der Waals surface area contributed by atoms with Gasteiger partial charge in [-0.05, 0) is 34.5 Å². The zero-order chi connectivity index (χ0) is 12.5. The van der Waals surface area contributed by atoms with E-state index in [-0.39, 0.29) is 0 Å². The van der Waals surface area contributed by atoms with Crippen LogP contribution in [0.1, 0.15) is 0 Å². The number of hydrogen-bond acceptors (Lipinski definition) is 2. The first-order chi connectivity index (χ1) is 8.76. The largest absolute Gasteiger partial charge is 0.497 e. The van der Waals surface area contributed by atoms with Gasteiger partial charge in [0.25, 0.3) is 0 Å². The van der Waals surface area contributed by atoms with Gasteiger partial charge in [-0.2, -0.15) is 5.10 Å². The molecule has 0 radical (unpaired) electrons. The SMILES string of the molecule is COc1ccc2cc(-c3cnn(C)c3)ccc2c1. The average molecular weight is 238 g/mol. The molecule has 0 unspecified atom stereocenters. The van der Waals surface area contributed by atoms with Crippen LogP contribution in [0.2, 0.25) is 0 Å². The van der Waals surface area contributed by atoms with Crippen molar-refractivity contribution in [3.05, 3.63) is 48.8 Å². The van der Waals surface area contributed by atoms with Crippen LogP contribution < -0.4 is 4.74 Å². The Morgan fingerprint density at radius 2 is 1.78 bits per heavy atom. The number of rotatable bonds is 2. The van der Waals surface area contributed by atoms with Crippen molar-refractivity contribution >= 4 is 10.8 Å². The molecule has 1 aromatic heterocycles. The van der Waals surface area contributed by atoms with Crippen molar-refractivity contribution in [2.24, 2.45) is 7.05 Å². The molecule has 18 heavy (non-hydrogen) atoms. The van der Waals surface area contributed by atoms with Crippen LogP contribution in [0.4, 0.5) is 0 Å². The Kier molecular flexibility index (Phi) is 2.52. The Morgan fingerprint density at radius 3 is 2.50 bits per heavy atom. The maximum Gasteiger partial charge on any atom is 0.119 e. The summed E-state index contributed by atoms with van der Waals surface area (Å²) in [5, 5.41) is 6.59. The lowest BCUT2D eigenvalue weighted by Gasteiger charge is -2.04. The maximum absolute atomic E-state index is 5.23. The molecule has 0 amide bonds. The zero-order valence-electron chi connectivity index (χ0n) is 10.4. The van der Waals surface area contributed by atoms with Crippen LogP contribution in [0.25, 0.3) is 21.9 Å². The standard InChI is InChI=1S/C15H14N2O/c1-17-10-14(9-16-17)12-3-4-13-8-15(18-2)6-5-11(13)7-12/h3-10H,1-2H3. The number of fused-ring (bicyclic) bond motifs is 1. The lowest BCUT2D eigenvalue weighted by atomic mass is 10.0. The van der Waals surface area contributed by atoms with Crippen molar-refractivity contribution in [2.75, 3.05) is 7.11 Å². The molecule has 0 aliphatic carbocycles. The van der Waals surface area contributed by atoms with Crippen LogP contribution in [-0.2, 0) is 7.05 Å². The summed E-state index contributed by atoms with van der Waals surface area (Å²) in [6.07, 6.45) is 3.90. The third-order valence-corrected chi connectivity index (χ3v) is 3.09. The normalized spacial score (nSPS) is 10.8. The number of ether oxygens (including phenoxy) is 1. The van der Waals surface area contributed by atoms with Gasteiger partial charge in [0, 0.05) is 18.8 Å². The van der Waals surface area contributed by atoms with Crippen LogP contribution in [0.15, 0.2) is 48.8 Å². The number of hydrogen-bond donors (Lipinski definition) is 0. The van der Waals surface area contributed by atoms with Gasteiger partial charge >= 0.3 is 0 Å². The lowest BCUT2D eigenvalue weighted by Crippen LogP contribution is -1.84. The molecular formula is C15H14N2O. The highest BCUT2D eigenvalue weighted by molar-refractivity contribution is 5.88. The van der Waals surface area contributed by atoms with E-state index in [1.54, 1.807) is 7.11 Å². The minimum absolute atomic E-state index is 0.886. The predicted molar refractivity (Wildman–Crippen MR) is 72.7 cm³/mol. The Morgan fingerprint density at radius 1 is 1.00 bits per heavy atom. The second-order valence-corrected chi connectivity index (χ2v) is 4.33. The van der Waals surface area contributed by atoms with E-state index in [1.165, 1.54) is 16.3 Å². The summed E-state index contributed by atoms with van der Waals surface area (Å²) in [5.74, 6) is 0.886. The summed E-state index contributed by atoms with van der Waals surface area (Å²) in [7, 11) is 3.61. The van der Waals surface area contributed by atoms with Crippen molar-refractivity contribution in [1.82, 2.24) is 9.78 Å². The van der Waals surface area contributed by atoms with Gasteiger partial charge in [0.2, 0.25) is 0 Å². The highest BCUT2D eigenvalue weighted by atomic mass is 16.5. The van der Waals surface area contributed by atoms with E-state index in [2.05, 4.69) is 29.4 Å². The highest BCUT2D eigenvalue weighted by Gasteiger charge is 2.02. The molecule has 0 atom stereocenters. The predicted octanol–water partition coefficient (Wildman–Crippen LogP) is 3.25. The second-order valence-electron chi connectivity index (χ2n) is 4.33. The van der Waals surface area contributed by atoms with E-state index in [4.69, 9.17) is 4.74 Å². The fourth-order valence-corrected chi connectivity index (χ4v) is 2.10. The van der Waals surface area contributed by atoms with Crippen molar-refractivity contribution in [1.29, 1.82) is 0 Å². The first kappa shape index (κ1) is 10.8. The van der Waals surface area contributed by atoms with E-state index in [9.17, 15) is 0 Å². The smallest absolute Gasteiger partial charge is 0.119 e. The average Bonchev–Trinajstić information content (AvgIpc) is 2.84. The number of aryl methyl sites for hydroxylation is 1. The molecule has 3 heteroatoms. The van der Waals surface area contributed by atoms with E-state index in [1.807, 2.05) is 36.3 Å². The quantitative estimate of drug-likeness (QED) is 0.685. The Labute approximate surface area is 106 Å². The number of nitrogens with zero attached hydrogens (tertiary/aromatic N) is 2. The summed E-state index contributed by atoms with van der Waals surface area (Å²) < 4.78 is 7.04. The molecule has 3 aromatic rings. The van der Waals surface area contributed by atoms with E-state index in [0.29, 0.717) is 0 Å². The Bertz CT molecular complexity index is 701. The number of benzene rings is 2. The van der Waals surface area contributed by atoms with Crippen LogP contribution >= 0.6 is 0 Å². The molecule has 0 spiro atoms. The van der Waals surface area contributed by atoms with Gasteiger partial charge in [-0.1, -0.05) is 18.2 Å². The molecule has 0 aliphatic heterocycles. The Balaban J connectivity index is 2.11. The number of aromatic nitrogens is 2. The van der Waals surface area contributed by atoms with E-state index in [0.717, 1.165) is 11.3 Å². The molecule has 0 aliphatic rings. The van der Waals surface area contributed by atoms with Gasteiger partial charge in [-0.25, -0.2) is 0 Å². The summed E-state index contributed by atoms with van der Waals surface area (Å²) >= 11 is 0. The van der Waals surface area contributed by atoms with Crippen molar-refractivity contribution in [3.63, 3.8) is 0 Å². The summed E-state index contributed by atoms with van der Waals surface area (Å²) in [4.78, 5) is 0. The molecule has 1 heterocycles. The third-order valence-electron chi connectivity index (χ3n) is 3.09. The summed E-state index contributed by atoms with van der Waals surface area (Å²) in [6, 6.07) is 12.5. The third kappa shape index (κ3) is 1.84. The zero-order valence-corrected chi connectivity index (χ0v) is 10.4. The summed E-state index contributed by atoms with van der Waals surface area (Å²) in [6.45, 7) is 0. The minimum atomic E-state index is 0.886. The van der Waals surface area contributed by atoms with Gasteiger partial charge in [-0.3, -0.25) is 4.68 Å². The molecule has 0 fully saturated rings. The van der Waals surface area contributed by atoms with Gasteiger partial charge in [0.15, 0.2) is 0 Å². The first-order valence-corrected chi connectivity index (χ1v) is 5.83. The second kappa shape index (κ2) is 4.18. The molecule has 0 N–H and O–H groups in total. The van der Waals surface area contributed by atoms with Crippen LogP contribution in [-0.4, -0.2) is 16.9 Å². The van der Waals surface area contributed by atoms with Crippen LogP contribution in [0.3, 0.4) is 0 Å². The molecule has 0 saturated carbocycles. The van der Waals surface area contributed by atoms with Gasteiger partial charge in [0.05, 0.1) is 13.3 Å². The molecule has 90 valence electrons. The lowest BCUT2D eigenvalue weighted by molar-refractivity contribution is 0.415. The van der Waals surface area contributed by atoms with Crippen molar-refractivity contribution < 1.29 is 4.74 Å². The Hall–Kier alpha value is -2.29. The fraction of sp³-hybridized carbons (Fsp3) is 0.133. The number of methoxy groups -OCH3 is 1. The molecule has 3 rings (SSSR count). The molecule has 2 aromatic carbocycles. The van der Waals surface area contributed by atoms with Crippen LogP contribution in [0, 0.1) is 0 Å². The monoisotopic (exact) mass is 238 g/mol. The maximum atomic E-state index is 5.23. The van der Waals surface area contributed by atoms with Crippen molar-refractivity contribution in [2.45, 2.75) is 0 Å². The van der Waals surface area contributed by atoms with Gasteiger partial charge in [0.1, 0.15) is 5.75 Å². The molecule has 3 nitrogen and oxygen atoms in total. The topological polar surface area (TPSA) is 27.1 Å². The van der Waals surface area contributed by atoms with E-state index >= 15 is 0 Å². The minimum Gasteiger partial charge on any atom is -0.497 e. The first-order valence-electron chi connectivity index (χ1n) is 5.83. The molecule has 0 saturated heterocycles. The van der Waals surface area contributed by atoms with Gasteiger partial charge in [-0.15, -0.1) is 0 Å². The van der Waals surface area contributed by atoms with Gasteiger partial charge < -0.3 is 4.74 Å². The van der Waals surface area contributed by atoms with Crippen LogP contribution in [0.5, 0.6) is 5.75 Å². The summed E-state index contributed by atoms with van der Waals surface area (Å²) in [5.41, 5.74) is 2.32. The highest BCUT2D eigenvalue weighted by Crippen LogP contribution is 2.26. The fourth-order valence-electron chi connectivity index (χ4n) is 2.10. The molecule has 0 bridgehead atoms. The van der Waals surface area contributed by atoms with E-state index < -0.39 is 0 Å². The van der Waals surface area contributed by atoms with Crippen molar-refractivity contribution in [3.8, 4) is 16.9 Å². The molecular weight excluding hydrogens is 224 g/mol.